The zero-order valence-electron chi connectivity index (χ0n) is 5.58. The fraction of sp³-hybridized carbons (Fsp3) is 1.00. The molecule has 3 nitrogen and oxygen atoms in total. The van der Waals surface area contributed by atoms with Crippen LogP contribution in [0.2, 0.25) is 0 Å². The van der Waals surface area contributed by atoms with Crippen LogP contribution >= 0.6 is 0 Å². The fourth-order valence-electron chi connectivity index (χ4n) is 1.18. The molecular weight excluding hydrogens is 116 g/mol. The molecule has 1 aliphatic heterocycles. The molecule has 1 unspecified atom stereocenters. The lowest BCUT2D eigenvalue weighted by atomic mass is 10.0. The van der Waals surface area contributed by atoms with E-state index in [0.717, 1.165) is 19.6 Å². The van der Waals surface area contributed by atoms with Gasteiger partial charge in [0.05, 0.1) is 6.61 Å². The summed E-state index contributed by atoms with van der Waals surface area (Å²) < 4.78 is 0. The van der Waals surface area contributed by atoms with Gasteiger partial charge in [-0.25, -0.2) is 0 Å². The molecule has 0 saturated carbocycles. The number of β-amino-alcohol motifs (C(OH)–C–C–N with tert-alkyl or cyclic N) is 1. The molecule has 1 aliphatic rings. The zero-order chi connectivity index (χ0) is 6.69. The van der Waals surface area contributed by atoms with Crippen LogP contribution in [0.1, 0.15) is 6.42 Å². The second kappa shape index (κ2) is 3.15. The van der Waals surface area contributed by atoms with Gasteiger partial charge in [-0.2, -0.15) is 0 Å². The maximum absolute atomic E-state index is 8.53. The Labute approximate surface area is 55.5 Å². The van der Waals surface area contributed by atoms with Crippen molar-refractivity contribution in [1.82, 2.24) is 4.90 Å². The molecule has 1 heterocycles. The Morgan fingerprint density at radius 3 is 2.78 bits per heavy atom. The summed E-state index contributed by atoms with van der Waals surface area (Å²) in [5.41, 5.74) is 5.43. The number of nitrogens with zero attached hydrogens (tertiary/aromatic N) is 1. The largest absolute Gasteiger partial charge is 0.395 e. The molecule has 0 aromatic rings. The highest BCUT2D eigenvalue weighted by molar-refractivity contribution is 4.82. The van der Waals surface area contributed by atoms with Gasteiger partial charge >= 0.3 is 0 Å². The third kappa shape index (κ3) is 1.41. The van der Waals surface area contributed by atoms with E-state index < -0.39 is 0 Å². The van der Waals surface area contributed by atoms with Crippen molar-refractivity contribution in [2.24, 2.45) is 5.73 Å². The lowest BCUT2D eigenvalue weighted by molar-refractivity contribution is 0.0737. The van der Waals surface area contributed by atoms with Gasteiger partial charge in [0, 0.05) is 25.7 Å². The second-order valence-corrected chi connectivity index (χ2v) is 2.44. The van der Waals surface area contributed by atoms with Gasteiger partial charge in [0.2, 0.25) is 0 Å². The molecule has 0 radical (unpaired) electrons. The number of rotatable bonds is 3. The average Bonchev–Trinajstić information content (AvgIpc) is 1.82. The Morgan fingerprint density at radius 2 is 2.44 bits per heavy atom. The van der Waals surface area contributed by atoms with E-state index in [0.29, 0.717) is 6.04 Å². The fourth-order valence-corrected chi connectivity index (χ4v) is 1.18. The van der Waals surface area contributed by atoms with Crippen molar-refractivity contribution < 1.29 is 5.11 Å². The van der Waals surface area contributed by atoms with E-state index in [9.17, 15) is 0 Å². The minimum absolute atomic E-state index is 0.260. The lowest BCUT2D eigenvalue weighted by Gasteiger charge is -2.39. The van der Waals surface area contributed by atoms with Gasteiger partial charge < -0.3 is 10.8 Å². The van der Waals surface area contributed by atoms with Crippen molar-refractivity contribution in [1.29, 1.82) is 0 Å². The van der Waals surface area contributed by atoms with Gasteiger partial charge in [0.25, 0.3) is 0 Å². The van der Waals surface area contributed by atoms with E-state index in [1.54, 1.807) is 0 Å². The summed E-state index contributed by atoms with van der Waals surface area (Å²) in [5.74, 6) is 0. The van der Waals surface area contributed by atoms with Crippen molar-refractivity contribution in [3.63, 3.8) is 0 Å². The summed E-state index contributed by atoms with van der Waals surface area (Å²) in [7, 11) is 0. The molecule has 3 heteroatoms. The van der Waals surface area contributed by atoms with E-state index in [1.165, 1.54) is 6.42 Å². The predicted octanol–water partition coefficient (Wildman–Crippen LogP) is -0.988. The topological polar surface area (TPSA) is 49.5 Å². The molecule has 3 N–H and O–H groups in total. The number of likely N-dealkylation sites (tertiary alicyclic amines) is 1. The molecule has 0 bridgehead atoms. The maximum atomic E-state index is 8.53. The van der Waals surface area contributed by atoms with Crippen molar-refractivity contribution in [2.75, 3.05) is 26.2 Å². The molecule has 0 aliphatic carbocycles. The Morgan fingerprint density at radius 1 is 1.67 bits per heavy atom. The molecule has 0 spiro atoms. The summed E-state index contributed by atoms with van der Waals surface area (Å²) in [6.45, 7) is 2.90. The summed E-state index contributed by atoms with van der Waals surface area (Å²) in [5, 5.41) is 8.53. The molecule has 0 aromatic carbocycles. The number of hydrogen-bond donors (Lipinski definition) is 2. The van der Waals surface area contributed by atoms with Crippen molar-refractivity contribution in [2.45, 2.75) is 12.5 Å². The molecule has 54 valence electrons. The quantitative estimate of drug-likeness (QED) is 0.516. The number of aliphatic hydroxyl groups is 1. The van der Waals surface area contributed by atoms with Gasteiger partial charge in [0.15, 0.2) is 0 Å². The standard InChI is InChI=1S/C6H14N2O/c7-5-6-1-2-8(6)3-4-9/h6,9H,1-5,7H2. The smallest absolute Gasteiger partial charge is 0.0558 e. The van der Waals surface area contributed by atoms with Crippen LogP contribution in [-0.4, -0.2) is 42.3 Å². The minimum atomic E-state index is 0.260. The molecule has 1 saturated heterocycles. The van der Waals surface area contributed by atoms with Gasteiger partial charge in [-0.05, 0) is 6.42 Å². The van der Waals surface area contributed by atoms with Gasteiger partial charge in [0.1, 0.15) is 0 Å². The first-order valence-corrected chi connectivity index (χ1v) is 3.43. The monoisotopic (exact) mass is 130 g/mol. The van der Waals surface area contributed by atoms with E-state index in [-0.39, 0.29) is 6.61 Å². The molecule has 0 aromatic heterocycles. The first-order chi connectivity index (χ1) is 4.38. The first-order valence-electron chi connectivity index (χ1n) is 3.43. The molecular formula is C6H14N2O. The van der Waals surface area contributed by atoms with Crippen LogP contribution in [0.4, 0.5) is 0 Å². The van der Waals surface area contributed by atoms with Crippen molar-refractivity contribution >= 4 is 0 Å². The van der Waals surface area contributed by atoms with E-state index in [1.807, 2.05) is 0 Å². The van der Waals surface area contributed by atoms with E-state index in [4.69, 9.17) is 10.8 Å². The second-order valence-electron chi connectivity index (χ2n) is 2.44. The number of aliphatic hydroxyl groups excluding tert-OH is 1. The Kier molecular flexibility index (Phi) is 2.45. The van der Waals surface area contributed by atoms with Crippen molar-refractivity contribution in [3.8, 4) is 0 Å². The SMILES string of the molecule is NCC1CCN1CCO. The highest BCUT2D eigenvalue weighted by Gasteiger charge is 2.24. The number of nitrogens with two attached hydrogens (primary N) is 1. The molecule has 1 atom stereocenters. The van der Waals surface area contributed by atoms with Crippen LogP contribution in [0, 0.1) is 0 Å². The van der Waals surface area contributed by atoms with Crippen LogP contribution in [0.3, 0.4) is 0 Å². The average molecular weight is 130 g/mol. The summed E-state index contributed by atoms with van der Waals surface area (Å²) in [6.07, 6.45) is 1.20. The Hall–Kier alpha value is -0.120. The first kappa shape index (κ1) is 6.99. The molecule has 1 fully saturated rings. The third-order valence-electron chi connectivity index (χ3n) is 1.93. The third-order valence-corrected chi connectivity index (χ3v) is 1.93. The number of hydrogen-bond acceptors (Lipinski definition) is 3. The zero-order valence-corrected chi connectivity index (χ0v) is 5.58. The van der Waals surface area contributed by atoms with E-state index >= 15 is 0 Å². The summed E-state index contributed by atoms with van der Waals surface area (Å²) in [4.78, 5) is 2.21. The highest BCUT2D eigenvalue weighted by atomic mass is 16.3. The molecule has 9 heavy (non-hydrogen) atoms. The minimum Gasteiger partial charge on any atom is -0.395 e. The molecule has 1 rings (SSSR count). The normalized spacial score (nSPS) is 28.0. The van der Waals surface area contributed by atoms with Gasteiger partial charge in [-0.3, -0.25) is 4.90 Å². The van der Waals surface area contributed by atoms with Crippen LogP contribution in [-0.2, 0) is 0 Å². The summed E-state index contributed by atoms with van der Waals surface area (Å²) >= 11 is 0. The highest BCUT2D eigenvalue weighted by Crippen LogP contribution is 2.14. The van der Waals surface area contributed by atoms with Crippen molar-refractivity contribution in [3.05, 3.63) is 0 Å². The van der Waals surface area contributed by atoms with E-state index in [2.05, 4.69) is 4.90 Å². The summed E-state index contributed by atoms with van der Waals surface area (Å²) in [6, 6.07) is 0.553. The van der Waals surface area contributed by atoms with Crippen LogP contribution in [0.25, 0.3) is 0 Å². The van der Waals surface area contributed by atoms with Gasteiger partial charge in [-0.15, -0.1) is 0 Å². The van der Waals surface area contributed by atoms with Crippen LogP contribution in [0.5, 0.6) is 0 Å². The predicted molar refractivity (Wildman–Crippen MR) is 36.1 cm³/mol. The van der Waals surface area contributed by atoms with Crippen LogP contribution < -0.4 is 5.73 Å². The molecule has 0 amide bonds. The van der Waals surface area contributed by atoms with Crippen LogP contribution in [0.15, 0.2) is 0 Å². The maximum Gasteiger partial charge on any atom is 0.0558 e. The lowest BCUT2D eigenvalue weighted by Crippen LogP contribution is -2.52. The van der Waals surface area contributed by atoms with Gasteiger partial charge in [-0.1, -0.05) is 0 Å². The Balaban J connectivity index is 2.11. The Bertz CT molecular complexity index is 85.1.